The maximum atomic E-state index is 11.7. The van der Waals surface area contributed by atoms with Crippen LogP contribution in [-0.4, -0.2) is 24.0 Å². The van der Waals surface area contributed by atoms with Crippen molar-refractivity contribution in [3.8, 4) is 0 Å². The van der Waals surface area contributed by atoms with Gasteiger partial charge >= 0.3 is 5.97 Å². The first-order valence-electron chi connectivity index (χ1n) is 6.52. The monoisotopic (exact) mass is 257 g/mol. The Hall–Kier alpha value is -1.06. The molecule has 0 aromatic carbocycles. The molecule has 0 fully saturated rings. The van der Waals surface area contributed by atoms with E-state index in [4.69, 9.17) is 4.74 Å². The third kappa shape index (κ3) is 9.02. The maximum absolute atomic E-state index is 11.7. The molecule has 0 aliphatic carbocycles. The largest absolute Gasteiger partial charge is 0.466 e. The van der Waals surface area contributed by atoms with Gasteiger partial charge in [0.1, 0.15) is 0 Å². The van der Waals surface area contributed by atoms with Gasteiger partial charge in [-0.1, -0.05) is 20.8 Å². The molecule has 0 saturated carbocycles. The predicted octanol–water partition coefficient (Wildman–Crippen LogP) is 2.66. The molecule has 0 aromatic heterocycles. The van der Waals surface area contributed by atoms with Crippen LogP contribution in [0, 0.1) is 5.41 Å². The first-order valence-corrected chi connectivity index (χ1v) is 6.52. The minimum Gasteiger partial charge on any atom is -0.466 e. The molecule has 106 valence electrons. The molecule has 0 bridgehead atoms. The Bertz CT molecular complexity index is 290. The first kappa shape index (κ1) is 16.9. The molecule has 0 aromatic rings. The molecule has 18 heavy (non-hydrogen) atoms. The summed E-state index contributed by atoms with van der Waals surface area (Å²) in [5.41, 5.74) is -0.109. The standard InChI is InChI=1S/C14H27NO3/c1-7-18-12(17)9-8-11(16)15-14(5,6)10-13(2,3)4/h7-10H2,1-6H3,(H,15,16). The minimum absolute atomic E-state index is 0.0997. The van der Waals surface area contributed by atoms with Gasteiger partial charge in [0.25, 0.3) is 0 Å². The van der Waals surface area contributed by atoms with E-state index in [1.165, 1.54) is 0 Å². The molecule has 4 nitrogen and oxygen atoms in total. The van der Waals surface area contributed by atoms with Crippen LogP contribution in [0.2, 0.25) is 0 Å². The molecular formula is C14H27NO3. The van der Waals surface area contributed by atoms with E-state index >= 15 is 0 Å². The van der Waals surface area contributed by atoms with Crippen LogP contribution in [0.5, 0.6) is 0 Å². The summed E-state index contributed by atoms with van der Waals surface area (Å²) in [6, 6.07) is 0. The highest BCUT2D eigenvalue weighted by Gasteiger charge is 2.26. The molecule has 0 atom stereocenters. The van der Waals surface area contributed by atoms with Crippen molar-refractivity contribution in [2.75, 3.05) is 6.61 Å². The number of esters is 1. The number of ether oxygens (including phenoxy) is 1. The fraction of sp³-hybridized carbons (Fsp3) is 0.857. The summed E-state index contributed by atoms with van der Waals surface area (Å²) in [4.78, 5) is 22.9. The third-order valence-corrected chi connectivity index (χ3v) is 2.31. The summed E-state index contributed by atoms with van der Waals surface area (Å²) < 4.78 is 4.78. The number of rotatable bonds is 6. The summed E-state index contributed by atoms with van der Waals surface area (Å²) in [6.45, 7) is 12.5. The predicted molar refractivity (Wildman–Crippen MR) is 72.2 cm³/mol. The Morgan fingerprint density at radius 3 is 2.06 bits per heavy atom. The van der Waals surface area contributed by atoms with Crippen molar-refractivity contribution in [3.05, 3.63) is 0 Å². The van der Waals surface area contributed by atoms with E-state index in [0.717, 1.165) is 6.42 Å². The smallest absolute Gasteiger partial charge is 0.306 e. The number of carbonyl (C=O) groups excluding carboxylic acids is 2. The topological polar surface area (TPSA) is 55.4 Å². The van der Waals surface area contributed by atoms with Gasteiger partial charge in [-0.3, -0.25) is 9.59 Å². The first-order chi connectivity index (χ1) is 8.06. The van der Waals surface area contributed by atoms with Crippen LogP contribution in [0.4, 0.5) is 0 Å². The van der Waals surface area contributed by atoms with Crippen LogP contribution in [0.25, 0.3) is 0 Å². The average molecular weight is 257 g/mol. The minimum atomic E-state index is -0.318. The van der Waals surface area contributed by atoms with Gasteiger partial charge in [0, 0.05) is 12.0 Å². The number of amides is 1. The van der Waals surface area contributed by atoms with Crippen molar-refractivity contribution in [2.24, 2.45) is 5.41 Å². The molecular weight excluding hydrogens is 230 g/mol. The highest BCUT2D eigenvalue weighted by atomic mass is 16.5. The molecule has 1 amide bonds. The van der Waals surface area contributed by atoms with Crippen LogP contribution < -0.4 is 5.32 Å². The van der Waals surface area contributed by atoms with Crippen LogP contribution in [-0.2, 0) is 14.3 Å². The second kappa shape index (κ2) is 6.76. The third-order valence-electron chi connectivity index (χ3n) is 2.31. The van der Waals surface area contributed by atoms with E-state index in [2.05, 4.69) is 26.1 Å². The molecule has 0 radical (unpaired) electrons. The van der Waals surface area contributed by atoms with Crippen LogP contribution in [0.3, 0.4) is 0 Å². The van der Waals surface area contributed by atoms with Gasteiger partial charge in [-0.15, -0.1) is 0 Å². The number of hydrogen-bond donors (Lipinski definition) is 1. The zero-order chi connectivity index (χ0) is 14.4. The van der Waals surface area contributed by atoms with Crippen LogP contribution in [0.15, 0.2) is 0 Å². The van der Waals surface area contributed by atoms with Gasteiger partial charge in [-0.25, -0.2) is 0 Å². The summed E-state index contributed by atoms with van der Waals surface area (Å²) in [5, 5.41) is 2.96. The highest BCUT2D eigenvalue weighted by Crippen LogP contribution is 2.26. The van der Waals surface area contributed by atoms with Gasteiger partial charge in [-0.2, -0.15) is 0 Å². The van der Waals surface area contributed by atoms with Crippen molar-refractivity contribution in [3.63, 3.8) is 0 Å². The summed E-state index contributed by atoms with van der Waals surface area (Å²) >= 11 is 0. The van der Waals surface area contributed by atoms with E-state index in [-0.39, 0.29) is 35.7 Å². The number of nitrogens with one attached hydrogen (secondary N) is 1. The average Bonchev–Trinajstić information content (AvgIpc) is 2.10. The Labute approximate surface area is 110 Å². The lowest BCUT2D eigenvalue weighted by atomic mass is 9.82. The second-order valence-electron chi connectivity index (χ2n) is 6.47. The van der Waals surface area contributed by atoms with E-state index in [9.17, 15) is 9.59 Å². The van der Waals surface area contributed by atoms with E-state index in [1.54, 1.807) is 6.92 Å². The van der Waals surface area contributed by atoms with E-state index < -0.39 is 0 Å². The molecule has 0 aliphatic rings. The number of carbonyl (C=O) groups is 2. The lowest BCUT2D eigenvalue weighted by Crippen LogP contribution is -2.45. The van der Waals surface area contributed by atoms with Crippen molar-refractivity contribution in [2.45, 2.75) is 66.3 Å². The van der Waals surface area contributed by atoms with Gasteiger partial charge in [-0.05, 0) is 32.6 Å². The second-order valence-corrected chi connectivity index (χ2v) is 6.47. The van der Waals surface area contributed by atoms with Crippen molar-refractivity contribution in [1.82, 2.24) is 5.32 Å². The normalized spacial score (nSPS) is 12.1. The van der Waals surface area contributed by atoms with Crippen LogP contribution in [0.1, 0.15) is 60.8 Å². The SMILES string of the molecule is CCOC(=O)CCC(=O)NC(C)(C)CC(C)(C)C. The summed E-state index contributed by atoms with van der Waals surface area (Å²) in [5.74, 6) is -0.418. The lowest BCUT2D eigenvalue weighted by Gasteiger charge is -2.33. The molecule has 0 spiro atoms. The highest BCUT2D eigenvalue weighted by molar-refractivity contribution is 5.81. The van der Waals surface area contributed by atoms with Gasteiger partial charge in [0.15, 0.2) is 0 Å². The fourth-order valence-corrected chi connectivity index (χ4v) is 2.26. The Balaban J connectivity index is 4.11. The zero-order valence-electron chi connectivity index (χ0n) is 12.6. The molecule has 0 rings (SSSR count). The summed E-state index contributed by atoms with van der Waals surface area (Å²) in [7, 11) is 0. The van der Waals surface area contributed by atoms with Gasteiger partial charge in [0.2, 0.25) is 5.91 Å². The Kier molecular flexibility index (Phi) is 6.36. The van der Waals surface area contributed by atoms with Crippen molar-refractivity contribution >= 4 is 11.9 Å². The molecule has 0 unspecified atom stereocenters. The Morgan fingerprint density at radius 2 is 1.61 bits per heavy atom. The quantitative estimate of drug-likeness (QED) is 0.744. The zero-order valence-corrected chi connectivity index (χ0v) is 12.6. The summed E-state index contributed by atoms with van der Waals surface area (Å²) in [6.07, 6.45) is 1.21. The maximum Gasteiger partial charge on any atom is 0.306 e. The molecule has 4 heteroatoms. The van der Waals surface area contributed by atoms with Crippen LogP contribution >= 0.6 is 0 Å². The molecule has 0 aliphatic heterocycles. The molecule has 1 N–H and O–H groups in total. The number of hydrogen-bond acceptors (Lipinski definition) is 3. The van der Waals surface area contributed by atoms with Crippen molar-refractivity contribution < 1.29 is 14.3 Å². The van der Waals surface area contributed by atoms with E-state index in [1.807, 2.05) is 13.8 Å². The van der Waals surface area contributed by atoms with Gasteiger partial charge in [0.05, 0.1) is 13.0 Å². The Morgan fingerprint density at radius 1 is 1.06 bits per heavy atom. The molecule has 0 heterocycles. The van der Waals surface area contributed by atoms with E-state index in [0.29, 0.717) is 6.61 Å². The fourth-order valence-electron chi connectivity index (χ4n) is 2.26. The molecule has 0 saturated heterocycles. The van der Waals surface area contributed by atoms with Crippen molar-refractivity contribution in [1.29, 1.82) is 0 Å². The van der Waals surface area contributed by atoms with Gasteiger partial charge < -0.3 is 10.1 Å². The lowest BCUT2D eigenvalue weighted by molar-refractivity contribution is -0.144.